The number of rotatable bonds is 4. The van der Waals surface area contributed by atoms with Gasteiger partial charge in [0, 0.05) is 13.1 Å². The normalized spacial score (nSPS) is 19.6. The van der Waals surface area contributed by atoms with E-state index in [2.05, 4.69) is 0 Å². The van der Waals surface area contributed by atoms with Crippen LogP contribution in [0.3, 0.4) is 0 Å². The minimum absolute atomic E-state index is 0.0130. The predicted octanol–water partition coefficient (Wildman–Crippen LogP) is 1.45. The third kappa shape index (κ3) is 3.31. The van der Waals surface area contributed by atoms with Crippen molar-refractivity contribution in [2.24, 2.45) is 0 Å². The van der Waals surface area contributed by atoms with Crippen molar-refractivity contribution in [3.63, 3.8) is 0 Å². The second kappa shape index (κ2) is 5.82. The minimum Gasteiger partial charge on any atom is -0.379 e. The van der Waals surface area contributed by atoms with Gasteiger partial charge in [0.25, 0.3) is 0 Å². The van der Waals surface area contributed by atoms with Crippen molar-refractivity contribution in [2.75, 3.05) is 32.1 Å². The zero-order chi connectivity index (χ0) is 13.0. The summed E-state index contributed by atoms with van der Waals surface area (Å²) in [7, 11) is -3.18. The van der Waals surface area contributed by atoms with Crippen LogP contribution >= 0.6 is 0 Å². The Morgan fingerprint density at radius 1 is 1.22 bits per heavy atom. The Kier molecular flexibility index (Phi) is 4.37. The van der Waals surface area contributed by atoms with E-state index in [1.54, 1.807) is 0 Å². The molecule has 18 heavy (non-hydrogen) atoms. The number of benzene rings is 1. The molecule has 0 bridgehead atoms. The maximum Gasteiger partial charge on any atom is 0.214 e. The maximum atomic E-state index is 12.2. The Bertz CT molecular complexity index is 466. The van der Waals surface area contributed by atoms with E-state index < -0.39 is 10.0 Å². The molecule has 1 unspecified atom stereocenters. The molecule has 1 aromatic rings. The van der Waals surface area contributed by atoms with Crippen LogP contribution in [0.25, 0.3) is 0 Å². The molecular formula is C13H19NO3S. The molecule has 0 aromatic heterocycles. The number of nitrogens with zero attached hydrogens (tertiary/aromatic N) is 1. The molecule has 1 aliphatic rings. The van der Waals surface area contributed by atoms with Crippen LogP contribution in [-0.2, 0) is 14.8 Å². The first-order valence-corrected chi connectivity index (χ1v) is 7.81. The fourth-order valence-electron chi connectivity index (χ4n) is 2.12. The molecular weight excluding hydrogens is 250 g/mol. The summed E-state index contributed by atoms with van der Waals surface area (Å²) in [6.07, 6.45) is 0. The van der Waals surface area contributed by atoms with Gasteiger partial charge < -0.3 is 4.74 Å². The molecule has 1 saturated heterocycles. The molecule has 1 atom stereocenters. The van der Waals surface area contributed by atoms with Crippen molar-refractivity contribution in [1.82, 2.24) is 4.31 Å². The average Bonchev–Trinajstić information content (AvgIpc) is 2.40. The van der Waals surface area contributed by atoms with Crippen molar-refractivity contribution in [3.05, 3.63) is 35.9 Å². The Morgan fingerprint density at radius 3 is 2.44 bits per heavy atom. The Morgan fingerprint density at radius 2 is 1.83 bits per heavy atom. The molecule has 0 spiro atoms. The standard InChI is InChI=1S/C13H19NO3S/c1-12(13-5-3-2-4-6-13)11-18(15,16)14-7-9-17-10-8-14/h2-6,12H,7-11H2,1H3. The molecule has 5 heteroatoms. The zero-order valence-electron chi connectivity index (χ0n) is 10.6. The summed E-state index contributed by atoms with van der Waals surface area (Å²) in [5, 5.41) is 0. The molecule has 1 aliphatic heterocycles. The molecule has 0 saturated carbocycles. The van der Waals surface area contributed by atoms with Crippen molar-refractivity contribution >= 4 is 10.0 Å². The first-order valence-electron chi connectivity index (χ1n) is 6.20. The van der Waals surface area contributed by atoms with Crippen molar-refractivity contribution < 1.29 is 13.2 Å². The zero-order valence-corrected chi connectivity index (χ0v) is 11.4. The topological polar surface area (TPSA) is 46.6 Å². The number of ether oxygens (including phenoxy) is 1. The first-order chi connectivity index (χ1) is 8.59. The Balaban J connectivity index is 2.03. The summed E-state index contributed by atoms with van der Waals surface area (Å²) in [6.45, 7) is 3.90. The second-order valence-electron chi connectivity index (χ2n) is 4.60. The Labute approximate surface area is 109 Å². The molecule has 1 aromatic carbocycles. The summed E-state index contributed by atoms with van der Waals surface area (Å²) in [4.78, 5) is 0. The van der Waals surface area contributed by atoms with E-state index in [1.807, 2.05) is 37.3 Å². The maximum absolute atomic E-state index is 12.2. The summed E-state index contributed by atoms with van der Waals surface area (Å²) in [6, 6.07) is 9.76. The lowest BCUT2D eigenvalue weighted by Gasteiger charge is -2.27. The highest BCUT2D eigenvalue weighted by Crippen LogP contribution is 2.19. The van der Waals surface area contributed by atoms with Crippen LogP contribution in [-0.4, -0.2) is 44.8 Å². The number of hydrogen-bond acceptors (Lipinski definition) is 3. The lowest BCUT2D eigenvalue weighted by atomic mass is 10.0. The number of hydrogen-bond donors (Lipinski definition) is 0. The number of morpholine rings is 1. The van der Waals surface area contributed by atoms with E-state index in [9.17, 15) is 8.42 Å². The van der Waals surface area contributed by atoms with E-state index >= 15 is 0 Å². The summed E-state index contributed by atoms with van der Waals surface area (Å²) >= 11 is 0. The van der Waals surface area contributed by atoms with Crippen LogP contribution in [0.5, 0.6) is 0 Å². The van der Waals surface area contributed by atoms with Crippen molar-refractivity contribution in [2.45, 2.75) is 12.8 Å². The molecule has 0 radical (unpaired) electrons. The minimum atomic E-state index is -3.18. The fourth-order valence-corrected chi connectivity index (χ4v) is 3.86. The van der Waals surface area contributed by atoms with E-state index in [-0.39, 0.29) is 11.7 Å². The van der Waals surface area contributed by atoms with Crippen LogP contribution in [0.4, 0.5) is 0 Å². The van der Waals surface area contributed by atoms with Gasteiger partial charge in [-0.2, -0.15) is 4.31 Å². The first kappa shape index (κ1) is 13.5. The van der Waals surface area contributed by atoms with Crippen LogP contribution in [0.1, 0.15) is 18.4 Å². The van der Waals surface area contributed by atoms with Crippen LogP contribution in [0.2, 0.25) is 0 Å². The van der Waals surface area contributed by atoms with E-state index in [0.29, 0.717) is 26.3 Å². The van der Waals surface area contributed by atoms with Crippen molar-refractivity contribution in [3.8, 4) is 0 Å². The van der Waals surface area contributed by atoms with Gasteiger partial charge in [-0.15, -0.1) is 0 Å². The van der Waals surface area contributed by atoms with Gasteiger partial charge in [-0.1, -0.05) is 37.3 Å². The summed E-state index contributed by atoms with van der Waals surface area (Å²) < 4.78 is 31.2. The predicted molar refractivity (Wildman–Crippen MR) is 71.0 cm³/mol. The van der Waals surface area contributed by atoms with Crippen LogP contribution in [0.15, 0.2) is 30.3 Å². The second-order valence-corrected chi connectivity index (χ2v) is 6.62. The average molecular weight is 269 g/mol. The monoisotopic (exact) mass is 269 g/mol. The van der Waals surface area contributed by atoms with Crippen molar-refractivity contribution in [1.29, 1.82) is 0 Å². The van der Waals surface area contributed by atoms with Gasteiger partial charge in [-0.25, -0.2) is 8.42 Å². The third-order valence-electron chi connectivity index (χ3n) is 3.19. The molecule has 2 rings (SSSR count). The molecule has 4 nitrogen and oxygen atoms in total. The van der Waals surface area contributed by atoms with E-state index in [4.69, 9.17) is 4.74 Å². The van der Waals surface area contributed by atoms with E-state index in [1.165, 1.54) is 4.31 Å². The van der Waals surface area contributed by atoms with Gasteiger partial charge in [-0.05, 0) is 11.5 Å². The highest BCUT2D eigenvalue weighted by molar-refractivity contribution is 7.89. The number of sulfonamides is 1. The van der Waals surface area contributed by atoms with Gasteiger partial charge >= 0.3 is 0 Å². The van der Waals surface area contributed by atoms with Gasteiger partial charge in [0.15, 0.2) is 0 Å². The Hall–Kier alpha value is -0.910. The molecule has 1 heterocycles. The lowest BCUT2D eigenvalue weighted by Crippen LogP contribution is -2.42. The quantitative estimate of drug-likeness (QED) is 0.831. The summed E-state index contributed by atoms with van der Waals surface area (Å²) in [5.74, 6) is 0.177. The molecule has 100 valence electrons. The lowest BCUT2D eigenvalue weighted by molar-refractivity contribution is 0.0730. The third-order valence-corrected chi connectivity index (χ3v) is 5.27. The van der Waals surface area contributed by atoms with Crippen LogP contribution < -0.4 is 0 Å². The highest BCUT2D eigenvalue weighted by Gasteiger charge is 2.26. The highest BCUT2D eigenvalue weighted by atomic mass is 32.2. The summed E-state index contributed by atoms with van der Waals surface area (Å²) in [5.41, 5.74) is 1.06. The fraction of sp³-hybridized carbons (Fsp3) is 0.538. The largest absolute Gasteiger partial charge is 0.379 e. The molecule has 0 aliphatic carbocycles. The van der Waals surface area contributed by atoms with Gasteiger partial charge in [0.05, 0.1) is 19.0 Å². The van der Waals surface area contributed by atoms with Gasteiger partial charge in [0.1, 0.15) is 0 Å². The van der Waals surface area contributed by atoms with Gasteiger partial charge in [0.2, 0.25) is 10.0 Å². The van der Waals surface area contributed by atoms with Crippen LogP contribution in [0, 0.1) is 0 Å². The van der Waals surface area contributed by atoms with Gasteiger partial charge in [-0.3, -0.25) is 0 Å². The smallest absolute Gasteiger partial charge is 0.214 e. The molecule has 0 amide bonds. The molecule has 0 N–H and O–H groups in total. The van der Waals surface area contributed by atoms with E-state index in [0.717, 1.165) is 5.56 Å². The molecule has 1 fully saturated rings. The SMILES string of the molecule is CC(CS(=O)(=O)N1CCOCC1)c1ccccc1.